The second-order valence-corrected chi connectivity index (χ2v) is 6.24. The lowest BCUT2D eigenvalue weighted by Gasteiger charge is -2.22. The van der Waals surface area contributed by atoms with Crippen LogP contribution in [0.1, 0.15) is 31.2 Å². The summed E-state index contributed by atoms with van der Waals surface area (Å²) in [6.07, 6.45) is 5.64. The summed E-state index contributed by atoms with van der Waals surface area (Å²) in [4.78, 5) is 2.39. The molecule has 1 saturated carbocycles. The predicted octanol–water partition coefficient (Wildman–Crippen LogP) is 3.18. The number of fused-ring (bicyclic) bond motifs is 1. The van der Waals surface area contributed by atoms with Crippen molar-refractivity contribution in [3.63, 3.8) is 0 Å². The Balaban J connectivity index is 1.51. The van der Waals surface area contributed by atoms with Crippen LogP contribution in [0.2, 0.25) is 0 Å². The molecule has 19 heavy (non-hydrogen) atoms. The summed E-state index contributed by atoms with van der Waals surface area (Å²) >= 11 is 5.55. The highest BCUT2D eigenvalue weighted by molar-refractivity contribution is 7.80. The number of thiocarbonyl (C=S) groups is 1. The van der Waals surface area contributed by atoms with Gasteiger partial charge in [-0.3, -0.25) is 0 Å². The van der Waals surface area contributed by atoms with Gasteiger partial charge in [-0.2, -0.15) is 0 Å². The highest BCUT2D eigenvalue weighted by Gasteiger charge is 2.35. The molecule has 2 aliphatic rings. The Hall–Kier alpha value is -1.09. The van der Waals surface area contributed by atoms with Crippen molar-refractivity contribution in [2.45, 2.75) is 32.2 Å². The zero-order valence-electron chi connectivity index (χ0n) is 11.3. The Morgan fingerprint density at radius 1 is 1.11 bits per heavy atom. The lowest BCUT2D eigenvalue weighted by molar-refractivity contribution is 0.299. The summed E-state index contributed by atoms with van der Waals surface area (Å²) < 4.78 is 0. The third-order valence-electron chi connectivity index (χ3n) is 4.55. The Kier molecular flexibility index (Phi) is 4.02. The van der Waals surface area contributed by atoms with Crippen LogP contribution in [0.25, 0.3) is 0 Å². The molecule has 0 amide bonds. The quantitative estimate of drug-likeness (QED) is 0.834. The molecule has 1 aromatic rings. The van der Waals surface area contributed by atoms with E-state index < -0.39 is 0 Å². The van der Waals surface area contributed by atoms with Crippen LogP contribution in [-0.4, -0.2) is 23.1 Å². The van der Waals surface area contributed by atoms with Gasteiger partial charge in [0.15, 0.2) is 5.11 Å². The van der Waals surface area contributed by atoms with Crippen molar-refractivity contribution in [3.8, 4) is 0 Å². The zero-order chi connectivity index (χ0) is 13.1. The minimum Gasteiger partial charge on any atom is -0.358 e. The first-order valence-corrected chi connectivity index (χ1v) is 7.80. The molecule has 102 valence electrons. The molecule has 3 rings (SSSR count). The molecule has 0 bridgehead atoms. The fraction of sp³-hybridized carbons (Fsp3) is 0.562. The summed E-state index contributed by atoms with van der Waals surface area (Å²) in [6.45, 7) is 3.18. The first-order valence-electron chi connectivity index (χ1n) is 7.39. The molecule has 2 fully saturated rings. The van der Waals surface area contributed by atoms with Gasteiger partial charge in [0.1, 0.15) is 0 Å². The summed E-state index contributed by atoms with van der Waals surface area (Å²) in [5.74, 6) is 1.79. The number of likely N-dealkylation sites (tertiary alicyclic amines) is 1. The average Bonchev–Trinajstić information content (AvgIpc) is 2.90. The largest absolute Gasteiger partial charge is 0.358 e. The standard InChI is InChI=1S/C16H22N2S/c19-16(17-10-13-6-2-1-3-7-13)18-11-14-8-4-5-9-15(14)12-18/h1-3,6-7,14-15H,4-5,8-12H2,(H,17,19). The van der Waals surface area contributed by atoms with Gasteiger partial charge in [-0.25, -0.2) is 0 Å². The van der Waals surface area contributed by atoms with Gasteiger partial charge in [-0.1, -0.05) is 43.2 Å². The van der Waals surface area contributed by atoms with E-state index >= 15 is 0 Å². The van der Waals surface area contributed by atoms with E-state index in [2.05, 4.69) is 34.5 Å². The monoisotopic (exact) mass is 274 g/mol. The molecule has 1 aliphatic carbocycles. The van der Waals surface area contributed by atoms with Crippen LogP contribution in [0.15, 0.2) is 30.3 Å². The van der Waals surface area contributed by atoms with E-state index in [1.165, 1.54) is 44.3 Å². The highest BCUT2D eigenvalue weighted by Crippen LogP contribution is 2.35. The Bertz CT molecular complexity index is 418. The number of nitrogens with zero attached hydrogens (tertiary/aromatic N) is 1. The lowest BCUT2D eigenvalue weighted by Crippen LogP contribution is -2.38. The SMILES string of the molecule is S=C(NCc1ccccc1)N1CC2CCCCC2C1. The predicted molar refractivity (Wildman–Crippen MR) is 82.9 cm³/mol. The summed E-state index contributed by atoms with van der Waals surface area (Å²) in [5, 5.41) is 4.35. The normalized spacial score (nSPS) is 26.0. The molecule has 2 atom stereocenters. The first kappa shape index (κ1) is 12.9. The van der Waals surface area contributed by atoms with E-state index in [-0.39, 0.29) is 0 Å². The molecule has 0 radical (unpaired) electrons. The topological polar surface area (TPSA) is 15.3 Å². The van der Waals surface area contributed by atoms with Gasteiger partial charge in [-0.05, 0) is 42.5 Å². The number of hydrogen-bond donors (Lipinski definition) is 1. The van der Waals surface area contributed by atoms with Gasteiger partial charge in [0.2, 0.25) is 0 Å². The van der Waals surface area contributed by atoms with Crippen molar-refractivity contribution in [1.29, 1.82) is 0 Å². The van der Waals surface area contributed by atoms with Gasteiger partial charge >= 0.3 is 0 Å². The van der Waals surface area contributed by atoms with Crippen molar-refractivity contribution in [1.82, 2.24) is 10.2 Å². The minimum absolute atomic E-state index is 0.839. The molecule has 1 heterocycles. The Labute approximate surface area is 121 Å². The van der Waals surface area contributed by atoms with Crippen LogP contribution in [0, 0.1) is 11.8 Å². The van der Waals surface area contributed by atoms with Crippen molar-refractivity contribution in [2.24, 2.45) is 11.8 Å². The van der Waals surface area contributed by atoms with E-state index in [0.717, 1.165) is 23.5 Å². The number of hydrogen-bond acceptors (Lipinski definition) is 1. The highest BCUT2D eigenvalue weighted by atomic mass is 32.1. The van der Waals surface area contributed by atoms with E-state index in [0.29, 0.717) is 0 Å². The van der Waals surface area contributed by atoms with E-state index in [4.69, 9.17) is 12.2 Å². The minimum atomic E-state index is 0.839. The molecular weight excluding hydrogens is 252 g/mol. The molecule has 1 aromatic carbocycles. The van der Waals surface area contributed by atoms with Gasteiger partial charge in [0, 0.05) is 19.6 Å². The summed E-state index contributed by atoms with van der Waals surface area (Å²) in [5.41, 5.74) is 1.29. The van der Waals surface area contributed by atoms with Gasteiger partial charge < -0.3 is 10.2 Å². The van der Waals surface area contributed by atoms with Crippen LogP contribution in [-0.2, 0) is 6.54 Å². The second-order valence-electron chi connectivity index (χ2n) is 5.85. The molecule has 1 aliphatic heterocycles. The van der Waals surface area contributed by atoms with E-state index in [9.17, 15) is 0 Å². The third kappa shape index (κ3) is 3.08. The molecular formula is C16H22N2S. The fourth-order valence-corrected chi connectivity index (χ4v) is 3.68. The van der Waals surface area contributed by atoms with Crippen LogP contribution >= 0.6 is 12.2 Å². The second kappa shape index (κ2) is 5.91. The molecule has 3 heteroatoms. The van der Waals surface area contributed by atoms with E-state index in [1.807, 2.05) is 6.07 Å². The van der Waals surface area contributed by atoms with Gasteiger partial charge in [0.05, 0.1) is 0 Å². The Morgan fingerprint density at radius 3 is 2.37 bits per heavy atom. The Morgan fingerprint density at radius 2 is 1.74 bits per heavy atom. The molecule has 1 saturated heterocycles. The first-order chi connectivity index (χ1) is 9.33. The molecule has 2 nitrogen and oxygen atoms in total. The van der Waals surface area contributed by atoms with Crippen LogP contribution < -0.4 is 5.32 Å². The fourth-order valence-electron chi connectivity index (χ4n) is 3.46. The van der Waals surface area contributed by atoms with Crippen LogP contribution in [0.4, 0.5) is 0 Å². The number of benzene rings is 1. The average molecular weight is 274 g/mol. The smallest absolute Gasteiger partial charge is 0.169 e. The van der Waals surface area contributed by atoms with Crippen LogP contribution in [0.5, 0.6) is 0 Å². The maximum absolute atomic E-state index is 5.55. The van der Waals surface area contributed by atoms with Crippen molar-refractivity contribution < 1.29 is 0 Å². The third-order valence-corrected chi connectivity index (χ3v) is 4.95. The summed E-state index contributed by atoms with van der Waals surface area (Å²) in [6, 6.07) is 10.5. The lowest BCUT2D eigenvalue weighted by atomic mass is 9.82. The zero-order valence-corrected chi connectivity index (χ0v) is 12.2. The number of nitrogens with one attached hydrogen (secondary N) is 1. The number of rotatable bonds is 2. The van der Waals surface area contributed by atoms with Crippen molar-refractivity contribution in [3.05, 3.63) is 35.9 Å². The molecule has 2 unspecified atom stereocenters. The summed E-state index contributed by atoms with van der Waals surface area (Å²) in [7, 11) is 0. The van der Waals surface area contributed by atoms with Crippen molar-refractivity contribution in [2.75, 3.05) is 13.1 Å². The van der Waals surface area contributed by atoms with Crippen LogP contribution in [0.3, 0.4) is 0 Å². The van der Waals surface area contributed by atoms with E-state index in [1.54, 1.807) is 0 Å². The van der Waals surface area contributed by atoms with Gasteiger partial charge in [0.25, 0.3) is 0 Å². The van der Waals surface area contributed by atoms with Gasteiger partial charge in [-0.15, -0.1) is 0 Å². The maximum Gasteiger partial charge on any atom is 0.169 e. The molecule has 0 aromatic heterocycles. The molecule has 1 N–H and O–H groups in total. The maximum atomic E-state index is 5.55. The molecule has 0 spiro atoms. The van der Waals surface area contributed by atoms with Crippen molar-refractivity contribution >= 4 is 17.3 Å².